The van der Waals surface area contributed by atoms with Crippen LogP contribution in [0.15, 0.2) is 0 Å². The maximum Gasteiger partial charge on any atom is 0.0900 e. The molecule has 1 N–H and O–H groups in total. The summed E-state index contributed by atoms with van der Waals surface area (Å²) in [7, 11) is 0. The normalized spacial score (nSPS) is 46.4. The van der Waals surface area contributed by atoms with E-state index in [1.807, 2.05) is 0 Å². The van der Waals surface area contributed by atoms with Gasteiger partial charge in [0, 0.05) is 18.6 Å². The van der Waals surface area contributed by atoms with Crippen molar-refractivity contribution in [2.45, 2.75) is 89.8 Å². The molecule has 0 unspecified atom stereocenters. The summed E-state index contributed by atoms with van der Waals surface area (Å²) >= 11 is 0. The molecule has 0 amide bonds. The maximum absolute atomic E-state index is 10.5. The largest absolute Gasteiger partial charge is 0.389 e. The van der Waals surface area contributed by atoms with Crippen molar-refractivity contribution in [3.05, 3.63) is 0 Å². The highest BCUT2D eigenvalue weighted by atomic mass is 16.5. The number of hydrogen-bond donors (Lipinski definition) is 1. The summed E-state index contributed by atoms with van der Waals surface area (Å²) in [5, 5.41) is 10.5. The van der Waals surface area contributed by atoms with Crippen molar-refractivity contribution in [3.63, 3.8) is 0 Å². The Bertz CT molecular complexity index is 392. The quantitative estimate of drug-likeness (QED) is 0.800. The Labute approximate surface area is 148 Å². The minimum Gasteiger partial charge on any atom is -0.389 e. The highest BCUT2D eigenvalue weighted by Gasteiger charge is 2.50. The number of aliphatic hydroxyl groups is 1. The molecular weight excluding hydrogens is 298 g/mol. The SMILES string of the molecule is C[C@@H]1CCC[C@H](C)N1C[C@@H](O)COCC12CC3CC(CC(C3)C1)C2. The van der Waals surface area contributed by atoms with Gasteiger partial charge in [0.2, 0.25) is 0 Å². The van der Waals surface area contributed by atoms with Gasteiger partial charge in [0.25, 0.3) is 0 Å². The van der Waals surface area contributed by atoms with Crippen molar-refractivity contribution in [2.24, 2.45) is 23.2 Å². The third-order valence-corrected chi connectivity index (χ3v) is 7.68. The molecule has 0 aromatic carbocycles. The second-order valence-corrected chi connectivity index (χ2v) is 9.91. The summed E-state index contributed by atoms with van der Waals surface area (Å²) in [6.07, 6.45) is 12.2. The number of rotatable bonds is 6. The number of ether oxygens (including phenoxy) is 1. The van der Waals surface area contributed by atoms with Crippen molar-refractivity contribution in [1.29, 1.82) is 0 Å². The lowest BCUT2D eigenvalue weighted by Crippen LogP contribution is -2.49. The van der Waals surface area contributed by atoms with Gasteiger partial charge >= 0.3 is 0 Å². The monoisotopic (exact) mass is 335 g/mol. The lowest BCUT2D eigenvalue weighted by molar-refractivity contribution is -0.108. The minimum atomic E-state index is -0.332. The molecule has 0 aromatic rings. The summed E-state index contributed by atoms with van der Waals surface area (Å²) in [6.45, 7) is 6.82. The molecule has 4 saturated carbocycles. The van der Waals surface area contributed by atoms with Crippen LogP contribution in [0.1, 0.15) is 71.6 Å². The van der Waals surface area contributed by atoms with Crippen molar-refractivity contribution in [1.82, 2.24) is 4.90 Å². The average molecular weight is 336 g/mol. The van der Waals surface area contributed by atoms with Gasteiger partial charge in [-0.2, -0.15) is 0 Å². The maximum atomic E-state index is 10.5. The first-order valence-electron chi connectivity index (χ1n) is 10.5. The summed E-state index contributed by atoms with van der Waals surface area (Å²) < 4.78 is 6.12. The van der Waals surface area contributed by atoms with Crippen LogP contribution in [-0.2, 0) is 4.74 Å². The van der Waals surface area contributed by atoms with Crippen LogP contribution in [0.3, 0.4) is 0 Å². The highest BCUT2D eigenvalue weighted by Crippen LogP contribution is 2.60. The van der Waals surface area contributed by atoms with E-state index in [1.54, 1.807) is 0 Å². The topological polar surface area (TPSA) is 32.7 Å². The fraction of sp³-hybridized carbons (Fsp3) is 1.00. The molecule has 5 fully saturated rings. The van der Waals surface area contributed by atoms with Crippen LogP contribution in [0.25, 0.3) is 0 Å². The van der Waals surface area contributed by atoms with Gasteiger partial charge < -0.3 is 9.84 Å². The fourth-order valence-corrected chi connectivity index (χ4v) is 7.01. The number of hydrogen-bond acceptors (Lipinski definition) is 3. The van der Waals surface area contributed by atoms with Crippen LogP contribution in [0.4, 0.5) is 0 Å². The zero-order chi connectivity index (χ0) is 16.7. The van der Waals surface area contributed by atoms with Crippen LogP contribution >= 0.6 is 0 Å². The summed E-state index contributed by atoms with van der Waals surface area (Å²) in [4.78, 5) is 2.49. The summed E-state index contributed by atoms with van der Waals surface area (Å²) in [5.41, 5.74) is 0.472. The molecule has 1 saturated heterocycles. The van der Waals surface area contributed by atoms with Gasteiger partial charge in [0.15, 0.2) is 0 Å². The highest BCUT2D eigenvalue weighted by molar-refractivity contribution is 5.01. The Morgan fingerprint density at radius 2 is 1.54 bits per heavy atom. The predicted octanol–water partition coefficient (Wildman–Crippen LogP) is 3.84. The molecule has 3 heteroatoms. The number of β-amino-alcohol motifs (C(OH)–C–C–N with tert-alkyl or cyclic N) is 1. The van der Waals surface area contributed by atoms with E-state index in [4.69, 9.17) is 4.74 Å². The molecule has 1 aliphatic heterocycles. The van der Waals surface area contributed by atoms with Crippen molar-refractivity contribution in [2.75, 3.05) is 19.8 Å². The summed E-state index contributed by atoms with van der Waals surface area (Å²) in [5.74, 6) is 2.96. The second-order valence-electron chi connectivity index (χ2n) is 9.91. The molecule has 4 aliphatic carbocycles. The molecule has 5 aliphatic rings. The third-order valence-electron chi connectivity index (χ3n) is 7.68. The van der Waals surface area contributed by atoms with E-state index in [1.165, 1.54) is 57.8 Å². The van der Waals surface area contributed by atoms with Gasteiger partial charge in [-0.05, 0) is 88.4 Å². The van der Waals surface area contributed by atoms with Gasteiger partial charge in [-0.3, -0.25) is 4.90 Å². The zero-order valence-electron chi connectivity index (χ0n) is 15.8. The van der Waals surface area contributed by atoms with Gasteiger partial charge in [0.05, 0.1) is 19.3 Å². The molecule has 0 radical (unpaired) electrons. The Balaban J connectivity index is 1.24. The van der Waals surface area contributed by atoms with E-state index in [0.29, 0.717) is 24.1 Å². The van der Waals surface area contributed by atoms with Gasteiger partial charge in [-0.25, -0.2) is 0 Å². The molecule has 3 nitrogen and oxygen atoms in total. The first-order chi connectivity index (χ1) is 11.5. The minimum absolute atomic E-state index is 0.332. The molecule has 4 bridgehead atoms. The Morgan fingerprint density at radius 3 is 2.08 bits per heavy atom. The molecule has 24 heavy (non-hydrogen) atoms. The second kappa shape index (κ2) is 6.89. The standard InChI is InChI=1S/C21H37NO2/c1-15-4-3-5-16(2)22(15)12-20(23)13-24-14-21-9-17-6-18(10-21)8-19(7-17)11-21/h15-20,23H,3-14H2,1-2H3/t15-,16+,17?,18?,19?,20-,21?/m1/s1. The van der Waals surface area contributed by atoms with E-state index in [9.17, 15) is 5.11 Å². The molecule has 0 spiro atoms. The van der Waals surface area contributed by atoms with Crippen LogP contribution in [0.2, 0.25) is 0 Å². The smallest absolute Gasteiger partial charge is 0.0900 e. The van der Waals surface area contributed by atoms with Crippen molar-refractivity contribution < 1.29 is 9.84 Å². The molecule has 5 rings (SSSR count). The molecule has 3 atom stereocenters. The third kappa shape index (κ3) is 3.54. The van der Waals surface area contributed by atoms with E-state index in [0.717, 1.165) is 30.9 Å². The van der Waals surface area contributed by atoms with E-state index in [2.05, 4.69) is 18.7 Å². The molecule has 0 aromatic heterocycles. The van der Waals surface area contributed by atoms with Gasteiger partial charge in [-0.1, -0.05) is 6.42 Å². The van der Waals surface area contributed by atoms with E-state index in [-0.39, 0.29) is 6.10 Å². The first kappa shape index (κ1) is 17.3. The van der Waals surface area contributed by atoms with Crippen molar-refractivity contribution in [3.8, 4) is 0 Å². The van der Waals surface area contributed by atoms with Gasteiger partial charge in [-0.15, -0.1) is 0 Å². The summed E-state index contributed by atoms with van der Waals surface area (Å²) in [6, 6.07) is 1.21. The van der Waals surface area contributed by atoms with E-state index >= 15 is 0 Å². The fourth-order valence-electron chi connectivity index (χ4n) is 7.01. The molecular formula is C21H37NO2. The van der Waals surface area contributed by atoms with Crippen molar-refractivity contribution >= 4 is 0 Å². The first-order valence-corrected chi connectivity index (χ1v) is 10.5. The molecule has 138 valence electrons. The van der Waals surface area contributed by atoms with Crippen LogP contribution in [0.5, 0.6) is 0 Å². The van der Waals surface area contributed by atoms with Gasteiger partial charge in [0.1, 0.15) is 0 Å². The number of likely N-dealkylation sites (tertiary alicyclic amines) is 1. The molecule has 1 heterocycles. The number of aliphatic hydroxyl groups excluding tert-OH is 1. The lowest BCUT2D eigenvalue weighted by atomic mass is 9.50. The van der Waals surface area contributed by atoms with Crippen LogP contribution in [-0.4, -0.2) is 48.0 Å². The Hall–Kier alpha value is -0.120. The van der Waals surface area contributed by atoms with Crippen LogP contribution < -0.4 is 0 Å². The Morgan fingerprint density at radius 1 is 1.00 bits per heavy atom. The predicted molar refractivity (Wildman–Crippen MR) is 96.9 cm³/mol. The lowest BCUT2D eigenvalue weighted by Gasteiger charge is -2.56. The van der Waals surface area contributed by atoms with Crippen LogP contribution in [0, 0.1) is 23.2 Å². The van der Waals surface area contributed by atoms with E-state index < -0.39 is 0 Å². The Kier molecular flexibility index (Phi) is 4.96. The number of nitrogens with zero attached hydrogens (tertiary/aromatic N) is 1. The zero-order valence-corrected chi connectivity index (χ0v) is 15.8. The average Bonchev–Trinajstić information content (AvgIpc) is 2.49. The number of piperidine rings is 1.